The van der Waals surface area contributed by atoms with Crippen LogP contribution in [0.1, 0.15) is 39.5 Å². The van der Waals surface area contributed by atoms with Crippen LogP contribution in [0.3, 0.4) is 0 Å². The lowest BCUT2D eigenvalue weighted by molar-refractivity contribution is -0.353. The van der Waals surface area contributed by atoms with Crippen LogP contribution < -0.4 is 0 Å². The zero-order valence-electron chi connectivity index (χ0n) is 11.6. The number of hydrogen-bond acceptors (Lipinski definition) is 5. The largest absolute Gasteiger partial charge is 0.376 e. The highest BCUT2D eigenvalue weighted by atomic mass is 16.8. The summed E-state index contributed by atoms with van der Waals surface area (Å²) in [6, 6.07) is 0. The fraction of sp³-hybridized carbons (Fsp3) is 1.00. The van der Waals surface area contributed by atoms with Crippen LogP contribution in [0.4, 0.5) is 0 Å². The Morgan fingerprint density at radius 1 is 1.16 bits per heavy atom. The summed E-state index contributed by atoms with van der Waals surface area (Å²) in [7, 11) is 0. The number of hydroxylamine groups is 2. The van der Waals surface area contributed by atoms with Crippen molar-refractivity contribution in [3.05, 3.63) is 0 Å². The van der Waals surface area contributed by atoms with E-state index in [1.54, 1.807) is 0 Å². The second-order valence-corrected chi connectivity index (χ2v) is 6.56. The van der Waals surface area contributed by atoms with Gasteiger partial charge in [0.15, 0.2) is 6.29 Å². The van der Waals surface area contributed by atoms with E-state index in [0.29, 0.717) is 11.8 Å². The van der Waals surface area contributed by atoms with E-state index >= 15 is 0 Å². The molecule has 2 saturated carbocycles. The number of rotatable bonds is 4. The maximum Gasteiger partial charge on any atom is 0.177 e. The number of nitrogens with zero attached hydrogens (tertiary/aromatic N) is 1. The smallest absolute Gasteiger partial charge is 0.177 e. The first-order valence-corrected chi connectivity index (χ1v) is 7.53. The Hall–Kier alpha value is -0.200. The lowest BCUT2D eigenvalue weighted by Crippen LogP contribution is -2.43. The van der Waals surface area contributed by atoms with Crippen LogP contribution in [0.25, 0.3) is 0 Å². The van der Waals surface area contributed by atoms with Crippen LogP contribution in [-0.4, -0.2) is 39.1 Å². The molecule has 3 N–H and O–H groups in total. The van der Waals surface area contributed by atoms with Gasteiger partial charge in [-0.15, -0.1) is 5.06 Å². The van der Waals surface area contributed by atoms with Gasteiger partial charge in [0.2, 0.25) is 0 Å². The summed E-state index contributed by atoms with van der Waals surface area (Å²) in [6.45, 7) is 3.87. The van der Waals surface area contributed by atoms with E-state index in [1.165, 1.54) is 5.06 Å². The van der Waals surface area contributed by atoms with Gasteiger partial charge in [-0.1, -0.05) is 13.8 Å². The monoisotopic (exact) mass is 271 g/mol. The number of aliphatic hydroxyl groups excluding tert-OH is 3. The van der Waals surface area contributed by atoms with Gasteiger partial charge in [0.1, 0.15) is 12.5 Å². The summed E-state index contributed by atoms with van der Waals surface area (Å²) >= 11 is 0. The number of hydrogen-bond donors (Lipinski definition) is 3. The molecule has 5 nitrogen and oxygen atoms in total. The highest BCUT2D eigenvalue weighted by molar-refractivity contribution is 5.04. The van der Waals surface area contributed by atoms with E-state index in [1.807, 2.05) is 13.8 Å². The van der Waals surface area contributed by atoms with Gasteiger partial charge >= 0.3 is 0 Å². The van der Waals surface area contributed by atoms with E-state index in [0.717, 1.165) is 25.7 Å². The molecule has 8 atom stereocenters. The van der Waals surface area contributed by atoms with Gasteiger partial charge in [0.25, 0.3) is 0 Å². The van der Waals surface area contributed by atoms with Gasteiger partial charge in [0.05, 0.1) is 0 Å². The van der Waals surface area contributed by atoms with Crippen molar-refractivity contribution in [3.8, 4) is 0 Å². The van der Waals surface area contributed by atoms with Crippen molar-refractivity contribution in [3.63, 3.8) is 0 Å². The van der Waals surface area contributed by atoms with Crippen molar-refractivity contribution in [2.45, 2.75) is 58.3 Å². The lowest BCUT2D eigenvalue weighted by Gasteiger charge is -2.30. The molecule has 3 aliphatic rings. The molecule has 8 unspecified atom stereocenters. The molecule has 0 aromatic carbocycles. The Morgan fingerprint density at radius 3 is 2.16 bits per heavy atom. The van der Waals surface area contributed by atoms with E-state index in [2.05, 4.69) is 0 Å². The zero-order valence-corrected chi connectivity index (χ0v) is 11.6. The Morgan fingerprint density at radius 2 is 1.68 bits per heavy atom. The fourth-order valence-electron chi connectivity index (χ4n) is 4.32. The van der Waals surface area contributed by atoms with Gasteiger partial charge in [-0.25, -0.2) is 0 Å². The van der Waals surface area contributed by atoms with E-state index < -0.39 is 18.7 Å². The summed E-state index contributed by atoms with van der Waals surface area (Å²) in [5.41, 5.74) is 0. The molecule has 1 heterocycles. The molecule has 0 amide bonds. The van der Waals surface area contributed by atoms with Crippen molar-refractivity contribution in [2.24, 2.45) is 29.6 Å². The third-order valence-electron chi connectivity index (χ3n) is 5.62. The first-order valence-electron chi connectivity index (χ1n) is 7.53. The first-order chi connectivity index (χ1) is 9.04. The summed E-state index contributed by atoms with van der Waals surface area (Å²) in [6.07, 6.45) is 1.69. The molecule has 3 rings (SSSR count). The van der Waals surface area contributed by atoms with Crippen molar-refractivity contribution < 1.29 is 20.2 Å². The molecule has 1 aliphatic heterocycles. The average molecular weight is 271 g/mol. The van der Waals surface area contributed by atoms with Gasteiger partial charge in [0, 0.05) is 17.8 Å². The fourth-order valence-corrected chi connectivity index (χ4v) is 4.32. The molecule has 3 fully saturated rings. The van der Waals surface area contributed by atoms with E-state index in [-0.39, 0.29) is 17.8 Å². The van der Waals surface area contributed by atoms with Crippen LogP contribution in [0.15, 0.2) is 0 Å². The minimum atomic E-state index is -0.967. The Balaban J connectivity index is 1.70. The maximum atomic E-state index is 10.4. The molecule has 1 saturated heterocycles. The average Bonchev–Trinajstić information content (AvgIpc) is 3.07. The van der Waals surface area contributed by atoms with E-state index in [9.17, 15) is 15.3 Å². The number of fused-ring (bicyclic) bond motifs is 5. The highest BCUT2D eigenvalue weighted by Gasteiger charge is 2.61. The van der Waals surface area contributed by atoms with Crippen LogP contribution >= 0.6 is 0 Å². The predicted molar refractivity (Wildman–Crippen MR) is 68.2 cm³/mol. The third-order valence-corrected chi connectivity index (χ3v) is 5.62. The second kappa shape index (κ2) is 4.97. The van der Waals surface area contributed by atoms with Crippen LogP contribution in [0, 0.1) is 29.6 Å². The Labute approximate surface area is 114 Å². The SMILES string of the molecule is CCC(C)C(O)ON1C(O)C2C3CCC(C3)C2C1O. The molecule has 2 bridgehead atoms. The Kier molecular flexibility index (Phi) is 3.60. The van der Waals surface area contributed by atoms with Gasteiger partial charge in [-0.2, -0.15) is 0 Å². The van der Waals surface area contributed by atoms with E-state index in [4.69, 9.17) is 4.84 Å². The van der Waals surface area contributed by atoms with Crippen molar-refractivity contribution in [2.75, 3.05) is 0 Å². The maximum absolute atomic E-state index is 10.4. The number of aliphatic hydroxyl groups is 3. The quantitative estimate of drug-likeness (QED) is 0.663. The molecule has 2 aliphatic carbocycles. The predicted octanol–water partition coefficient (Wildman–Crippen LogP) is 0.897. The van der Waals surface area contributed by atoms with Crippen molar-refractivity contribution in [1.29, 1.82) is 0 Å². The van der Waals surface area contributed by atoms with Crippen LogP contribution in [0.2, 0.25) is 0 Å². The first kappa shape index (κ1) is 13.8. The van der Waals surface area contributed by atoms with Gasteiger partial charge in [-0.3, -0.25) is 4.84 Å². The van der Waals surface area contributed by atoms with Crippen LogP contribution in [0.5, 0.6) is 0 Å². The minimum Gasteiger partial charge on any atom is -0.376 e. The lowest BCUT2D eigenvalue weighted by atomic mass is 9.80. The Bertz CT molecular complexity index is 317. The van der Waals surface area contributed by atoms with Gasteiger partial charge in [-0.05, 0) is 37.5 Å². The third kappa shape index (κ3) is 2.03. The van der Waals surface area contributed by atoms with Crippen molar-refractivity contribution in [1.82, 2.24) is 5.06 Å². The highest BCUT2D eigenvalue weighted by Crippen LogP contribution is 2.58. The van der Waals surface area contributed by atoms with Crippen LogP contribution in [-0.2, 0) is 4.84 Å². The van der Waals surface area contributed by atoms with Gasteiger partial charge < -0.3 is 15.3 Å². The second-order valence-electron chi connectivity index (χ2n) is 6.56. The molecule has 110 valence electrons. The summed E-state index contributed by atoms with van der Waals surface area (Å²) in [5, 5.41) is 32.0. The molecule has 5 heteroatoms. The zero-order chi connectivity index (χ0) is 13.7. The standard InChI is InChI=1S/C14H25NO4/c1-3-7(2)14(18)19-15-12(16)10-8-4-5-9(6-8)11(10)13(15)17/h7-14,16-18H,3-6H2,1-2H3. The summed E-state index contributed by atoms with van der Waals surface area (Å²) < 4.78 is 0. The van der Waals surface area contributed by atoms with Crippen molar-refractivity contribution >= 4 is 0 Å². The molecule has 0 aromatic rings. The molecule has 19 heavy (non-hydrogen) atoms. The minimum absolute atomic E-state index is 0.0171. The topological polar surface area (TPSA) is 73.2 Å². The normalized spacial score (nSPS) is 48.5. The molecule has 0 radical (unpaired) electrons. The molecular formula is C14H25NO4. The molecule has 0 aromatic heterocycles. The summed E-state index contributed by atoms with van der Waals surface area (Å²) in [4.78, 5) is 5.44. The molecule has 0 spiro atoms. The molecular weight excluding hydrogens is 246 g/mol. The summed E-state index contributed by atoms with van der Waals surface area (Å²) in [5.74, 6) is 1.22.